The van der Waals surface area contributed by atoms with Crippen molar-refractivity contribution in [2.75, 3.05) is 0 Å². The van der Waals surface area contributed by atoms with Crippen molar-refractivity contribution in [2.45, 2.75) is 58.4 Å². The van der Waals surface area contributed by atoms with E-state index in [9.17, 15) is 4.79 Å². The summed E-state index contributed by atoms with van der Waals surface area (Å²) < 4.78 is 0. The molecule has 2 unspecified atom stereocenters. The van der Waals surface area contributed by atoms with Gasteiger partial charge in [-0.3, -0.25) is 4.79 Å². The number of rotatable bonds is 2. The van der Waals surface area contributed by atoms with Gasteiger partial charge in [0.25, 0.3) is 0 Å². The predicted octanol–water partition coefficient (Wildman–Crippen LogP) is 3.70. The van der Waals surface area contributed by atoms with Gasteiger partial charge in [-0.25, -0.2) is 0 Å². The van der Waals surface area contributed by atoms with Gasteiger partial charge >= 0.3 is 0 Å². The maximum atomic E-state index is 12.1. The van der Waals surface area contributed by atoms with Crippen molar-refractivity contribution in [3.8, 4) is 0 Å². The van der Waals surface area contributed by atoms with Crippen LogP contribution in [0.3, 0.4) is 0 Å². The third-order valence-corrected chi connectivity index (χ3v) is 5.78. The van der Waals surface area contributed by atoms with E-state index in [4.69, 9.17) is 0 Å². The molecule has 2 heteroatoms. The van der Waals surface area contributed by atoms with Crippen LogP contribution in [0.25, 0.3) is 0 Å². The van der Waals surface area contributed by atoms with Gasteiger partial charge in [-0.2, -0.15) is 0 Å². The van der Waals surface area contributed by atoms with Crippen LogP contribution in [0.1, 0.15) is 51.5 Å². The quantitative estimate of drug-likeness (QED) is 0.873. The number of benzene rings is 1. The van der Waals surface area contributed by atoms with Crippen LogP contribution >= 0.6 is 0 Å². The van der Waals surface area contributed by atoms with Gasteiger partial charge in [0, 0.05) is 17.9 Å². The smallest absolute Gasteiger partial charge is 0.220 e. The van der Waals surface area contributed by atoms with Gasteiger partial charge in [-0.05, 0) is 30.2 Å². The second-order valence-electron chi connectivity index (χ2n) is 7.23. The number of nitrogens with one attached hydrogen (secondary N) is 1. The third kappa shape index (κ3) is 2.15. The van der Waals surface area contributed by atoms with Crippen molar-refractivity contribution in [3.05, 3.63) is 35.9 Å². The number of hydrogen-bond acceptors (Lipinski definition) is 1. The summed E-state index contributed by atoms with van der Waals surface area (Å²) in [5, 5.41) is 3.28. The average Bonchev–Trinajstić information content (AvgIpc) is 2.72. The summed E-state index contributed by atoms with van der Waals surface area (Å²) in [4.78, 5) is 12.1. The van der Waals surface area contributed by atoms with Crippen molar-refractivity contribution in [1.29, 1.82) is 0 Å². The first-order valence-corrected chi connectivity index (χ1v) is 7.87. The molecule has 1 amide bonds. The van der Waals surface area contributed by atoms with Gasteiger partial charge in [0.05, 0.1) is 0 Å². The molecule has 2 atom stereocenters. The Morgan fingerprint density at radius 1 is 1.15 bits per heavy atom. The summed E-state index contributed by atoms with van der Waals surface area (Å²) in [6.07, 6.45) is 6.70. The van der Waals surface area contributed by atoms with Crippen LogP contribution in [-0.4, -0.2) is 11.9 Å². The molecule has 1 spiro atoms. The summed E-state index contributed by atoms with van der Waals surface area (Å²) in [6.45, 7) is 4.73. The van der Waals surface area contributed by atoms with Gasteiger partial charge < -0.3 is 5.32 Å². The first kappa shape index (κ1) is 13.7. The molecule has 1 aromatic carbocycles. The Kier molecular flexibility index (Phi) is 3.35. The second kappa shape index (κ2) is 4.91. The van der Waals surface area contributed by atoms with Crippen LogP contribution in [0.2, 0.25) is 0 Å². The highest BCUT2D eigenvalue weighted by Gasteiger charge is 2.56. The lowest BCUT2D eigenvalue weighted by molar-refractivity contribution is -0.120. The molecule has 3 rings (SSSR count). The van der Waals surface area contributed by atoms with Crippen LogP contribution < -0.4 is 5.32 Å². The molecule has 0 aromatic heterocycles. The van der Waals surface area contributed by atoms with Crippen LogP contribution in [0.5, 0.6) is 0 Å². The van der Waals surface area contributed by atoms with E-state index >= 15 is 0 Å². The minimum atomic E-state index is 0.151. The molecule has 108 valence electrons. The largest absolute Gasteiger partial charge is 0.352 e. The maximum absolute atomic E-state index is 12.1. The van der Waals surface area contributed by atoms with E-state index < -0.39 is 0 Å². The van der Waals surface area contributed by atoms with E-state index in [0.29, 0.717) is 6.04 Å². The van der Waals surface area contributed by atoms with Gasteiger partial charge in [0.1, 0.15) is 0 Å². The molecule has 1 aliphatic heterocycles. The van der Waals surface area contributed by atoms with Crippen LogP contribution in [0.15, 0.2) is 30.3 Å². The number of carbonyl (C=O) groups excluding carboxylic acids is 1. The number of hydrogen-bond donors (Lipinski definition) is 1. The minimum absolute atomic E-state index is 0.151. The molecule has 0 radical (unpaired) electrons. The standard InChI is InChI=1S/C18H25NO/c1-17(2)10-6-7-11-18(17)13-16(20)19-15(18)12-14-8-4-3-5-9-14/h3-5,8-9,15H,6-7,10-13H2,1-2H3,(H,19,20). The highest BCUT2D eigenvalue weighted by Crippen LogP contribution is 2.57. The Morgan fingerprint density at radius 3 is 2.55 bits per heavy atom. The lowest BCUT2D eigenvalue weighted by atomic mass is 9.54. The predicted molar refractivity (Wildman–Crippen MR) is 81.4 cm³/mol. The van der Waals surface area contributed by atoms with E-state index in [0.717, 1.165) is 12.8 Å². The van der Waals surface area contributed by atoms with Crippen LogP contribution in [0, 0.1) is 10.8 Å². The van der Waals surface area contributed by atoms with Crippen LogP contribution in [0.4, 0.5) is 0 Å². The van der Waals surface area contributed by atoms with Gasteiger partial charge in [-0.15, -0.1) is 0 Å². The summed E-state index contributed by atoms with van der Waals surface area (Å²) >= 11 is 0. The number of carbonyl (C=O) groups is 1. The molecule has 20 heavy (non-hydrogen) atoms. The lowest BCUT2D eigenvalue weighted by Gasteiger charge is -2.51. The topological polar surface area (TPSA) is 29.1 Å². The van der Waals surface area contributed by atoms with E-state index in [1.54, 1.807) is 0 Å². The lowest BCUT2D eigenvalue weighted by Crippen LogP contribution is -2.50. The normalized spacial score (nSPS) is 32.3. The first-order valence-electron chi connectivity index (χ1n) is 7.87. The fourth-order valence-electron chi connectivity index (χ4n) is 4.46. The molecule has 1 heterocycles. The average molecular weight is 271 g/mol. The zero-order chi connectivity index (χ0) is 14.2. The molecule has 1 aromatic rings. The maximum Gasteiger partial charge on any atom is 0.220 e. The Morgan fingerprint density at radius 2 is 1.85 bits per heavy atom. The molecule has 2 fully saturated rings. The molecule has 2 aliphatic rings. The van der Waals surface area contributed by atoms with E-state index in [1.165, 1.54) is 31.2 Å². The van der Waals surface area contributed by atoms with Crippen molar-refractivity contribution >= 4 is 5.91 Å². The fraction of sp³-hybridized carbons (Fsp3) is 0.611. The zero-order valence-corrected chi connectivity index (χ0v) is 12.6. The summed E-state index contributed by atoms with van der Waals surface area (Å²) in [6, 6.07) is 10.9. The van der Waals surface area contributed by atoms with Crippen LogP contribution in [-0.2, 0) is 11.2 Å². The van der Waals surface area contributed by atoms with Gasteiger partial charge in [-0.1, -0.05) is 57.0 Å². The van der Waals surface area contributed by atoms with E-state index in [2.05, 4.69) is 49.5 Å². The van der Waals surface area contributed by atoms with Crippen molar-refractivity contribution in [1.82, 2.24) is 5.32 Å². The molecule has 1 saturated heterocycles. The third-order valence-electron chi connectivity index (χ3n) is 5.78. The van der Waals surface area contributed by atoms with Gasteiger partial charge in [0.2, 0.25) is 5.91 Å². The van der Waals surface area contributed by atoms with Crippen molar-refractivity contribution in [2.24, 2.45) is 10.8 Å². The Bertz CT molecular complexity index is 493. The fourth-order valence-corrected chi connectivity index (χ4v) is 4.46. The molecule has 0 bridgehead atoms. The molecule has 2 nitrogen and oxygen atoms in total. The SMILES string of the molecule is CC1(C)CCCCC12CC(=O)NC2Cc1ccccc1. The molecular formula is C18H25NO. The second-order valence-corrected chi connectivity index (χ2v) is 7.23. The summed E-state index contributed by atoms with van der Waals surface area (Å²) in [5.41, 5.74) is 1.74. The monoisotopic (exact) mass is 271 g/mol. The Balaban J connectivity index is 1.90. The highest BCUT2D eigenvalue weighted by atomic mass is 16.2. The van der Waals surface area contributed by atoms with E-state index in [-0.39, 0.29) is 16.7 Å². The first-order chi connectivity index (χ1) is 9.53. The summed E-state index contributed by atoms with van der Waals surface area (Å²) in [5.74, 6) is 0.251. The molecule has 1 aliphatic carbocycles. The van der Waals surface area contributed by atoms with Crippen molar-refractivity contribution < 1.29 is 4.79 Å². The van der Waals surface area contributed by atoms with Crippen molar-refractivity contribution in [3.63, 3.8) is 0 Å². The molecular weight excluding hydrogens is 246 g/mol. The Labute approximate surface area is 122 Å². The highest BCUT2D eigenvalue weighted by molar-refractivity contribution is 5.80. The zero-order valence-electron chi connectivity index (χ0n) is 12.6. The van der Waals surface area contributed by atoms with Gasteiger partial charge in [0.15, 0.2) is 0 Å². The Hall–Kier alpha value is -1.31. The molecule has 1 N–H and O–H groups in total. The van der Waals surface area contributed by atoms with E-state index in [1.807, 2.05) is 0 Å². The summed E-state index contributed by atoms with van der Waals surface area (Å²) in [7, 11) is 0. The minimum Gasteiger partial charge on any atom is -0.352 e. The molecule has 1 saturated carbocycles. The number of amides is 1.